The van der Waals surface area contributed by atoms with Gasteiger partial charge in [-0.1, -0.05) is 80.6 Å². The number of aromatic amines is 1. The van der Waals surface area contributed by atoms with Crippen LogP contribution in [-0.2, 0) is 0 Å². The molecule has 0 amide bonds. The maximum atomic E-state index is 13.7. The number of para-hydroxylation sites is 1. The summed E-state index contributed by atoms with van der Waals surface area (Å²) in [4.78, 5) is 30.5. The van der Waals surface area contributed by atoms with Gasteiger partial charge in [0.15, 0.2) is 5.78 Å². The molecule has 3 heteroatoms. The number of fused-ring (bicyclic) bond motifs is 5. The van der Waals surface area contributed by atoms with E-state index in [-0.39, 0.29) is 16.8 Å². The quantitative estimate of drug-likeness (QED) is 0.189. The Labute approximate surface area is 201 Å². The molecule has 1 heterocycles. The fourth-order valence-corrected chi connectivity index (χ4v) is 5.92. The van der Waals surface area contributed by atoms with Gasteiger partial charge in [0, 0.05) is 27.4 Å². The van der Waals surface area contributed by atoms with E-state index in [0.717, 1.165) is 32.6 Å². The van der Waals surface area contributed by atoms with Gasteiger partial charge in [-0.25, -0.2) is 0 Å². The number of ketones is 1. The topological polar surface area (TPSA) is 49.9 Å². The first-order valence-corrected chi connectivity index (χ1v) is 12.0. The Hall–Kier alpha value is -4.50. The van der Waals surface area contributed by atoms with E-state index in [1.165, 1.54) is 21.5 Å². The minimum absolute atomic E-state index is 0.203. The zero-order chi connectivity index (χ0) is 23.8. The molecule has 1 aliphatic rings. The van der Waals surface area contributed by atoms with Crippen LogP contribution >= 0.6 is 0 Å². The van der Waals surface area contributed by atoms with E-state index in [2.05, 4.69) is 53.5 Å². The third-order valence-corrected chi connectivity index (χ3v) is 7.30. The van der Waals surface area contributed by atoms with Crippen LogP contribution in [0.4, 0.5) is 0 Å². The lowest BCUT2D eigenvalue weighted by atomic mass is 9.80. The first-order chi connectivity index (χ1) is 17.2. The second kappa shape index (κ2) is 7.00. The van der Waals surface area contributed by atoms with E-state index in [1.807, 2.05) is 44.2 Å². The third-order valence-electron chi connectivity index (χ3n) is 7.30. The highest BCUT2D eigenvalue weighted by molar-refractivity contribution is 6.38. The van der Waals surface area contributed by atoms with Gasteiger partial charge in [0.1, 0.15) is 0 Å². The van der Waals surface area contributed by atoms with Crippen molar-refractivity contribution >= 4 is 59.8 Å². The van der Waals surface area contributed by atoms with Gasteiger partial charge in [-0.3, -0.25) is 9.59 Å². The van der Waals surface area contributed by atoms with Crippen molar-refractivity contribution in [3.8, 4) is 11.3 Å². The molecule has 0 fully saturated rings. The molecule has 8 rings (SSSR count). The molecule has 0 saturated heterocycles. The van der Waals surface area contributed by atoms with Gasteiger partial charge in [-0.15, -0.1) is 0 Å². The SMILES string of the molecule is CC.O=C1c2c([nH]c3ccccc3c2=O)-c2ccc3c4cccc5cccc(c6ccc1c2c63)c54. The Morgan fingerprint density at radius 3 is 1.86 bits per heavy atom. The van der Waals surface area contributed by atoms with Gasteiger partial charge in [0.05, 0.1) is 11.3 Å². The fourth-order valence-electron chi connectivity index (χ4n) is 5.92. The largest absolute Gasteiger partial charge is 0.354 e. The average Bonchev–Trinajstić information content (AvgIpc) is 2.91. The molecule has 3 nitrogen and oxygen atoms in total. The first kappa shape index (κ1) is 19.9. The van der Waals surface area contributed by atoms with Gasteiger partial charge >= 0.3 is 0 Å². The number of H-pyrrole nitrogens is 1. The minimum Gasteiger partial charge on any atom is -0.354 e. The van der Waals surface area contributed by atoms with Crippen LogP contribution in [-0.4, -0.2) is 10.8 Å². The summed E-state index contributed by atoms with van der Waals surface area (Å²) >= 11 is 0. The highest BCUT2D eigenvalue weighted by Gasteiger charge is 2.30. The van der Waals surface area contributed by atoms with Gasteiger partial charge < -0.3 is 4.98 Å². The monoisotopic (exact) mass is 451 g/mol. The van der Waals surface area contributed by atoms with Crippen molar-refractivity contribution in [2.75, 3.05) is 0 Å². The van der Waals surface area contributed by atoms with Crippen LogP contribution in [0.15, 0.2) is 89.7 Å². The summed E-state index contributed by atoms with van der Waals surface area (Å²) in [7, 11) is 0. The number of benzene rings is 6. The van der Waals surface area contributed by atoms with Crippen molar-refractivity contribution in [2.45, 2.75) is 13.8 Å². The maximum absolute atomic E-state index is 13.7. The van der Waals surface area contributed by atoms with Gasteiger partial charge in [0.2, 0.25) is 5.43 Å². The highest BCUT2D eigenvalue weighted by atomic mass is 16.1. The number of carbonyl (C=O) groups is 1. The molecular weight excluding hydrogens is 430 g/mol. The molecule has 1 aromatic heterocycles. The van der Waals surface area contributed by atoms with Crippen molar-refractivity contribution < 1.29 is 4.79 Å². The van der Waals surface area contributed by atoms with Crippen LogP contribution in [0.5, 0.6) is 0 Å². The minimum atomic E-state index is -0.210. The Morgan fingerprint density at radius 1 is 0.543 bits per heavy atom. The molecule has 0 radical (unpaired) electrons. The van der Waals surface area contributed by atoms with E-state index < -0.39 is 0 Å². The summed E-state index contributed by atoms with van der Waals surface area (Å²) in [5, 5.41) is 9.65. The zero-order valence-corrected chi connectivity index (χ0v) is 19.4. The first-order valence-electron chi connectivity index (χ1n) is 12.0. The van der Waals surface area contributed by atoms with E-state index in [1.54, 1.807) is 6.07 Å². The lowest BCUT2D eigenvalue weighted by molar-refractivity contribution is 0.103. The van der Waals surface area contributed by atoms with E-state index >= 15 is 0 Å². The van der Waals surface area contributed by atoms with Crippen molar-refractivity contribution in [3.63, 3.8) is 0 Å². The highest BCUT2D eigenvalue weighted by Crippen LogP contribution is 2.46. The number of pyridine rings is 1. The Bertz CT molecular complexity index is 2010. The summed E-state index contributed by atoms with van der Waals surface area (Å²) in [6.07, 6.45) is 0. The van der Waals surface area contributed by atoms with Crippen LogP contribution in [0, 0.1) is 0 Å². The van der Waals surface area contributed by atoms with Crippen molar-refractivity contribution in [1.29, 1.82) is 0 Å². The molecule has 1 N–H and O–H groups in total. The molecule has 6 aromatic carbocycles. The lowest BCUT2D eigenvalue weighted by Gasteiger charge is -2.23. The number of carbonyl (C=O) groups excluding carboxylic acids is 1. The molecule has 0 saturated carbocycles. The number of aromatic nitrogens is 1. The summed E-state index contributed by atoms with van der Waals surface area (Å²) in [6.45, 7) is 4.00. The number of nitrogens with one attached hydrogen (secondary N) is 1. The standard InChI is InChI=1S/C30H15NO2.C2H6/c32-29-20-7-1-2-10-23(20)31-28-21-13-11-18-16-8-3-5-15-6-4-9-17(24(15)16)19-12-14-22(26(21)25(18)19)30(33)27(28)29;1-2/h1-14H,(H,31,32);1-2H3. The molecule has 0 unspecified atom stereocenters. The second-order valence-corrected chi connectivity index (χ2v) is 8.86. The van der Waals surface area contributed by atoms with E-state index in [4.69, 9.17) is 0 Å². The molecule has 0 spiro atoms. The van der Waals surface area contributed by atoms with Crippen LogP contribution in [0.3, 0.4) is 0 Å². The van der Waals surface area contributed by atoms with Crippen LogP contribution < -0.4 is 5.43 Å². The number of rotatable bonds is 0. The summed E-state index contributed by atoms with van der Waals surface area (Å²) in [5.41, 5.74) is 2.91. The summed E-state index contributed by atoms with van der Waals surface area (Å²) < 4.78 is 0. The lowest BCUT2D eigenvalue weighted by Crippen LogP contribution is -2.22. The smallest absolute Gasteiger partial charge is 0.201 e. The Kier molecular flexibility index (Phi) is 3.99. The summed E-state index contributed by atoms with van der Waals surface area (Å²) in [5.74, 6) is -0.203. The maximum Gasteiger partial charge on any atom is 0.201 e. The van der Waals surface area contributed by atoms with Gasteiger partial charge in [-0.2, -0.15) is 0 Å². The van der Waals surface area contributed by atoms with Crippen LogP contribution in [0.2, 0.25) is 0 Å². The molecule has 0 atom stereocenters. The van der Waals surface area contributed by atoms with Gasteiger partial charge in [-0.05, 0) is 55.9 Å². The molecule has 7 aromatic rings. The third kappa shape index (κ3) is 2.40. The Morgan fingerprint density at radius 2 is 1.14 bits per heavy atom. The normalized spacial score (nSPS) is 12.5. The van der Waals surface area contributed by atoms with Crippen molar-refractivity contribution in [2.24, 2.45) is 0 Å². The zero-order valence-electron chi connectivity index (χ0n) is 19.4. The predicted octanol–water partition coefficient (Wildman–Crippen LogP) is 7.82. The molecule has 35 heavy (non-hydrogen) atoms. The van der Waals surface area contributed by atoms with E-state index in [0.29, 0.717) is 16.6 Å². The van der Waals surface area contributed by atoms with Crippen molar-refractivity contribution in [3.05, 3.63) is 106 Å². The number of hydrogen-bond donors (Lipinski definition) is 1. The molecule has 0 bridgehead atoms. The Balaban J connectivity index is 0.00000103. The predicted molar refractivity (Wildman–Crippen MR) is 146 cm³/mol. The molecule has 166 valence electrons. The summed E-state index contributed by atoms with van der Waals surface area (Å²) in [6, 6.07) is 28.3. The second-order valence-electron chi connectivity index (χ2n) is 8.86. The average molecular weight is 452 g/mol. The fraction of sp³-hybridized carbons (Fsp3) is 0.0625. The molecule has 0 aliphatic heterocycles. The number of hydrogen-bond acceptors (Lipinski definition) is 2. The van der Waals surface area contributed by atoms with Crippen LogP contribution in [0.25, 0.3) is 65.3 Å². The van der Waals surface area contributed by atoms with Gasteiger partial charge in [0.25, 0.3) is 0 Å². The molecular formula is C32H21NO2. The van der Waals surface area contributed by atoms with Crippen molar-refractivity contribution in [1.82, 2.24) is 4.98 Å². The van der Waals surface area contributed by atoms with Crippen LogP contribution in [0.1, 0.15) is 29.8 Å². The molecule has 1 aliphatic carbocycles. The van der Waals surface area contributed by atoms with E-state index in [9.17, 15) is 9.59 Å².